The van der Waals surface area contributed by atoms with Crippen molar-refractivity contribution < 1.29 is 19.0 Å². The van der Waals surface area contributed by atoms with Crippen LogP contribution in [0.4, 0.5) is 10.5 Å². The van der Waals surface area contributed by atoms with Crippen molar-refractivity contribution in [2.24, 2.45) is 0 Å². The van der Waals surface area contributed by atoms with Crippen LogP contribution >= 0.6 is 0 Å². The molecular formula is C18H25N3O4. The monoisotopic (exact) mass is 347 g/mol. The van der Waals surface area contributed by atoms with Gasteiger partial charge < -0.3 is 24.0 Å². The first kappa shape index (κ1) is 18.7. The van der Waals surface area contributed by atoms with Crippen LogP contribution in [-0.4, -0.2) is 57.0 Å². The van der Waals surface area contributed by atoms with Gasteiger partial charge in [0, 0.05) is 32.2 Å². The topological polar surface area (TPSA) is 75.0 Å². The van der Waals surface area contributed by atoms with Gasteiger partial charge in [-0.05, 0) is 26.8 Å². The number of methoxy groups -OCH3 is 2. The molecule has 0 aliphatic carbocycles. The molecule has 1 aliphatic heterocycles. The third kappa shape index (κ3) is 4.47. The molecule has 1 aromatic rings. The van der Waals surface area contributed by atoms with E-state index in [0.717, 1.165) is 5.69 Å². The molecule has 136 valence electrons. The highest BCUT2D eigenvalue weighted by Crippen LogP contribution is 2.39. The minimum absolute atomic E-state index is 0.303. The zero-order valence-electron chi connectivity index (χ0n) is 15.5. The summed E-state index contributed by atoms with van der Waals surface area (Å²) in [7, 11) is 3.12. The Morgan fingerprint density at radius 3 is 2.24 bits per heavy atom. The summed E-state index contributed by atoms with van der Waals surface area (Å²) in [6, 6.07) is 5.57. The molecule has 0 spiro atoms. The molecule has 0 atom stereocenters. The van der Waals surface area contributed by atoms with E-state index in [1.165, 1.54) is 0 Å². The molecule has 1 aliphatic rings. The molecule has 25 heavy (non-hydrogen) atoms. The maximum atomic E-state index is 12.2. The molecule has 0 N–H and O–H groups in total. The molecule has 0 bridgehead atoms. The smallest absolute Gasteiger partial charge is 0.410 e. The quantitative estimate of drug-likeness (QED) is 0.837. The molecule has 7 heteroatoms. The molecule has 0 radical (unpaired) electrons. The van der Waals surface area contributed by atoms with Crippen LogP contribution < -0.4 is 14.4 Å². The fourth-order valence-electron chi connectivity index (χ4n) is 2.70. The summed E-state index contributed by atoms with van der Waals surface area (Å²) in [5.41, 5.74) is 0.788. The summed E-state index contributed by atoms with van der Waals surface area (Å²) in [6.45, 7) is 7.87. The first-order valence-corrected chi connectivity index (χ1v) is 8.18. The van der Waals surface area contributed by atoms with Crippen molar-refractivity contribution in [1.29, 1.82) is 5.26 Å². The first-order chi connectivity index (χ1) is 11.8. The normalized spacial score (nSPS) is 14.7. The highest BCUT2D eigenvalue weighted by Gasteiger charge is 2.27. The number of piperazine rings is 1. The number of ether oxygens (including phenoxy) is 3. The Morgan fingerprint density at radius 1 is 1.12 bits per heavy atom. The predicted octanol–water partition coefficient (Wildman–Crippen LogP) is 2.63. The fraction of sp³-hybridized carbons (Fsp3) is 0.556. The van der Waals surface area contributed by atoms with Crippen LogP contribution in [0.1, 0.15) is 26.3 Å². The van der Waals surface area contributed by atoms with E-state index in [-0.39, 0.29) is 6.09 Å². The van der Waals surface area contributed by atoms with Crippen molar-refractivity contribution in [2.45, 2.75) is 26.4 Å². The van der Waals surface area contributed by atoms with E-state index < -0.39 is 5.60 Å². The van der Waals surface area contributed by atoms with Crippen molar-refractivity contribution in [2.75, 3.05) is 45.3 Å². The Balaban J connectivity index is 2.15. The van der Waals surface area contributed by atoms with Crippen molar-refractivity contribution in [3.8, 4) is 17.6 Å². The van der Waals surface area contributed by atoms with Crippen molar-refractivity contribution in [1.82, 2.24) is 4.90 Å². The van der Waals surface area contributed by atoms with Gasteiger partial charge in [0.05, 0.1) is 31.5 Å². The molecule has 0 aromatic heterocycles. The van der Waals surface area contributed by atoms with E-state index in [0.29, 0.717) is 43.2 Å². The lowest BCUT2D eigenvalue weighted by Crippen LogP contribution is -2.50. The highest BCUT2D eigenvalue weighted by atomic mass is 16.6. The number of anilines is 1. The second-order valence-electron chi connectivity index (χ2n) is 6.80. The van der Waals surface area contributed by atoms with Gasteiger partial charge in [-0.25, -0.2) is 4.79 Å². The Morgan fingerprint density at radius 2 is 1.76 bits per heavy atom. The molecule has 1 fully saturated rings. The van der Waals surface area contributed by atoms with Gasteiger partial charge in [-0.1, -0.05) is 0 Å². The lowest BCUT2D eigenvalue weighted by atomic mass is 10.1. The van der Waals surface area contributed by atoms with Gasteiger partial charge >= 0.3 is 6.09 Å². The van der Waals surface area contributed by atoms with Crippen LogP contribution in [0.3, 0.4) is 0 Å². The van der Waals surface area contributed by atoms with Crippen LogP contribution in [0, 0.1) is 11.3 Å². The van der Waals surface area contributed by atoms with Gasteiger partial charge in [-0.15, -0.1) is 0 Å². The van der Waals surface area contributed by atoms with E-state index in [1.54, 1.807) is 31.3 Å². The Bertz CT molecular complexity index is 668. The number of nitriles is 1. The first-order valence-electron chi connectivity index (χ1n) is 8.18. The Hall–Kier alpha value is -2.62. The molecule has 1 aromatic carbocycles. The zero-order valence-corrected chi connectivity index (χ0v) is 15.5. The largest absolute Gasteiger partial charge is 0.493 e. The van der Waals surface area contributed by atoms with Crippen LogP contribution in [0.2, 0.25) is 0 Å². The number of carbonyl (C=O) groups excluding carboxylic acids is 1. The van der Waals surface area contributed by atoms with Crippen molar-refractivity contribution in [3.05, 3.63) is 17.7 Å². The Labute approximate surface area is 148 Å². The van der Waals surface area contributed by atoms with Gasteiger partial charge in [-0.3, -0.25) is 0 Å². The summed E-state index contributed by atoms with van der Waals surface area (Å²) in [5.74, 6) is 1.11. The third-order valence-electron chi connectivity index (χ3n) is 3.86. The number of benzene rings is 1. The lowest BCUT2D eigenvalue weighted by Gasteiger charge is -2.37. The van der Waals surface area contributed by atoms with E-state index in [4.69, 9.17) is 14.2 Å². The highest BCUT2D eigenvalue weighted by molar-refractivity contribution is 5.70. The minimum atomic E-state index is -0.508. The number of hydrogen-bond acceptors (Lipinski definition) is 6. The average molecular weight is 347 g/mol. The van der Waals surface area contributed by atoms with E-state index >= 15 is 0 Å². The van der Waals surface area contributed by atoms with Crippen molar-refractivity contribution in [3.63, 3.8) is 0 Å². The van der Waals surface area contributed by atoms with E-state index in [1.807, 2.05) is 20.8 Å². The molecule has 1 saturated heterocycles. The van der Waals surface area contributed by atoms with Gasteiger partial charge in [0.25, 0.3) is 0 Å². The van der Waals surface area contributed by atoms with E-state index in [9.17, 15) is 10.1 Å². The number of rotatable bonds is 3. The van der Waals surface area contributed by atoms with E-state index in [2.05, 4.69) is 11.0 Å². The standard InChI is InChI=1S/C18H25N3O4/c1-18(2,3)25-17(22)21-8-6-20(7-9-21)14-10-13(12-19)11-15(23-4)16(14)24-5/h10-11H,6-9H2,1-5H3. The van der Waals surface area contributed by atoms with Gasteiger partial charge in [-0.2, -0.15) is 5.26 Å². The third-order valence-corrected chi connectivity index (χ3v) is 3.86. The fourth-order valence-corrected chi connectivity index (χ4v) is 2.70. The summed E-state index contributed by atoms with van der Waals surface area (Å²) < 4.78 is 16.2. The maximum absolute atomic E-state index is 12.2. The summed E-state index contributed by atoms with van der Waals surface area (Å²) in [6.07, 6.45) is -0.303. The zero-order chi connectivity index (χ0) is 18.6. The Kier molecular flexibility index (Phi) is 5.62. The lowest BCUT2D eigenvalue weighted by molar-refractivity contribution is 0.0240. The van der Waals surface area contributed by atoms with Gasteiger partial charge in [0.15, 0.2) is 11.5 Å². The van der Waals surface area contributed by atoms with Gasteiger partial charge in [0.1, 0.15) is 5.60 Å². The molecule has 0 saturated carbocycles. The number of hydrogen-bond donors (Lipinski definition) is 0. The summed E-state index contributed by atoms with van der Waals surface area (Å²) in [4.78, 5) is 16.0. The van der Waals surface area contributed by atoms with Crippen LogP contribution in [0.5, 0.6) is 11.5 Å². The summed E-state index contributed by atoms with van der Waals surface area (Å²) >= 11 is 0. The minimum Gasteiger partial charge on any atom is -0.493 e. The van der Waals surface area contributed by atoms with Crippen LogP contribution in [0.15, 0.2) is 12.1 Å². The molecule has 0 unspecified atom stereocenters. The molecule has 1 amide bonds. The molecule has 2 rings (SSSR count). The van der Waals surface area contributed by atoms with Crippen molar-refractivity contribution >= 4 is 11.8 Å². The average Bonchev–Trinajstić information content (AvgIpc) is 2.59. The molecule has 7 nitrogen and oxygen atoms in total. The van der Waals surface area contributed by atoms with Crippen LogP contribution in [0.25, 0.3) is 0 Å². The SMILES string of the molecule is COc1cc(C#N)cc(N2CCN(C(=O)OC(C)(C)C)CC2)c1OC. The predicted molar refractivity (Wildman–Crippen MR) is 94.3 cm³/mol. The molecular weight excluding hydrogens is 322 g/mol. The summed E-state index contributed by atoms with van der Waals surface area (Å²) in [5, 5.41) is 9.23. The number of carbonyl (C=O) groups is 1. The maximum Gasteiger partial charge on any atom is 0.410 e. The molecule has 1 heterocycles. The second kappa shape index (κ2) is 7.51. The number of amides is 1. The van der Waals surface area contributed by atoms with Crippen LogP contribution in [-0.2, 0) is 4.74 Å². The number of nitrogens with zero attached hydrogens (tertiary/aromatic N) is 3. The second-order valence-corrected chi connectivity index (χ2v) is 6.80. The van der Waals surface area contributed by atoms with Gasteiger partial charge in [0.2, 0.25) is 0 Å².